The number of nitrogen functional groups attached to an aromatic ring is 1. The largest absolute Gasteiger partial charge is 0.490 e. The zero-order valence-corrected chi connectivity index (χ0v) is 17.6. The number of benzene rings is 1. The van der Waals surface area contributed by atoms with E-state index >= 15 is 0 Å². The number of nitrogens with zero attached hydrogens (tertiary/aromatic N) is 4. The number of anilines is 1. The van der Waals surface area contributed by atoms with Crippen LogP contribution in [0.15, 0.2) is 30.6 Å². The van der Waals surface area contributed by atoms with E-state index < -0.39 is 24.0 Å². The number of fused-ring (bicyclic) bond motifs is 2. The molecule has 3 aromatic rings. The number of nitrogens with two attached hydrogens (primary N) is 1. The maximum absolute atomic E-state index is 13.1. The number of halogens is 6. The van der Waals surface area contributed by atoms with Crippen LogP contribution < -0.4 is 5.73 Å². The third kappa shape index (κ3) is 4.75. The van der Waals surface area contributed by atoms with Crippen LogP contribution in [0.2, 0.25) is 0 Å². The van der Waals surface area contributed by atoms with Crippen molar-refractivity contribution >= 4 is 23.3 Å². The van der Waals surface area contributed by atoms with Gasteiger partial charge in [-0.1, -0.05) is 6.07 Å². The van der Waals surface area contributed by atoms with E-state index in [0.717, 1.165) is 11.8 Å². The van der Waals surface area contributed by atoms with Gasteiger partial charge >= 0.3 is 18.3 Å². The van der Waals surface area contributed by atoms with Crippen LogP contribution in [0.25, 0.3) is 16.9 Å². The number of imidazole rings is 1. The fraction of sp³-hybridized carbons (Fsp3) is 0.300. The maximum atomic E-state index is 13.1. The lowest BCUT2D eigenvalue weighted by molar-refractivity contribution is -0.192. The van der Waals surface area contributed by atoms with E-state index in [-0.39, 0.29) is 23.4 Å². The highest BCUT2D eigenvalue weighted by molar-refractivity contribution is 5.99. The maximum Gasteiger partial charge on any atom is 0.490 e. The summed E-state index contributed by atoms with van der Waals surface area (Å²) < 4.78 is 72.3. The Morgan fingerprint density at radius 2 is 1.79 bits per heavy atom. The van der Waals surface area contributed by atoms with Crippen LogP contribution in [0.4, 0.5) is 32.2 Å². The second kappa shape index (κ2) is 8.50. The second-order valence-corrected chi connectivity index (χ2v) is 7.55. The van der Waals surface area contributed by atoms with E-state index in [4.69, 9.17) is 15.6 Å². The molecule has 3 N–H and O–H groups in total. The fourth-order valence-corrected chi connectivity index (χ4v) is 3.28. The van der Waals surface area contributed by atoms with Gasteiger partial charge in [0.25, 0.3) is 5.91 Å². The van der Waals surface area contributed by atoms with Crippen molar-refractivity contribution in [2.75, 3.05) is 5.73 Å². The molecule has 1 aliphatic rings. The number of carbonyl (C=O) groups is 2. The molecule has 1 aliphatic heterocycles. The summed E-state index contributed by atoms with van der Waals surface area (Å²) in [5.74, 6) is -3.09. The number of rotatable bonds is 2. The van der Waals surface area contributed by atoms with Crippen LogP contribution in [-0.2, 0) is 17.5 Å². The van der Waals surface area contributed by atoms with E-state index in [1.54, 1.807) is 17.0 Å². The van der Waals surface area contributed by atoms with Crippen molar-refractivity contribution in [3.8, 4) is 11.3 Å². The van der Waals surface area contributed by atoms with Gasteiger partial charge in [-0.25, -0.2) is 14.8 Å². The van der Waals surface area contributed by atoms with Crippen LogP contribution in [0.1, 0.15) is 35.5 Å². The Hall–Kier alpha value is -3.84. The molecular formula is C20H17F6N5O3. The van der Waals surface area contributed by atoms with Crippen LogP contribution in [0.5, 0.6) is 0 Å². The highest BCUT2D eigenvalue weighted by atomic mass is 19.4. The van der Waals surface area contributed by atoms with E-state index in [1.807, 2.05) is 19.9 Å². The van der Waals surface area contributed by atoms with Crippen molar-refractivity contribution in [2.45, 2.75) is 38.8 Å². The van der Waals surface area contributed by atoms with Crippen molar-refractivity contribution in [3.63, 3.8) is 0 Å². The molecule has 0 saturated carbocycles. The van der Waals surface area contributed by atoms with Crippen molar-refractivity contribution < 1.29 is 41.0 Å². The molecule has 182 valence electrons. The summed E-state index contributed by atoms with van der Waals surface area (Å²) in [5.41, 5.74) is 7.26. The average Bonchev–Trinajstić information content (AvgIpc) is 3.28. The zero-order valence-electron chi connectivity index (χ0n) is 17.6. The molecule has 14 heteroatoms. The Kier molecular flexibility index (Phi) is 6.20. The monoisotopic (exact) mass is 489 g/mol. The first kappa shape index (κ1) is 24.8. The molecule has 0 radical (unpaired) electrons. The summed E-state index contributed by atoms with van der Waals surface area (Å²) in [6.45, 7) is 4.33. The van der Waals surface area contributed by atoms with E-state index in [2.05, 4.69) is 9.97 Å². The lowest BCUT2D eigenvalue weighted by Gasteiger charge is -2.19. The van der Waals surface area contributed by atoms with Gasteiger partial charge in [0.1, 0.15) is 0 Å². The summed E-state index contributed by atoms with van der Waals surface area (Å²) in [4.78, 5) is 30.5. The molecule has 0 bridgehead atoms. The summed E-state index contributed by atoms with van der Waals surface area (Å²) in [5, 5.41) is 7.12. The van der Waals surface area contributed by atoms with Crippen LogP contribution in [0, 0.1) is 0 Å². The van der Waals surface area contributed by atoms with E-state index in [0.29, 0.717) is 23.4 Å². The Morgan fingerprint density at radius 3 is 2.32 bits per heavy atom. The molecule has 1 aromatic carbocycles. The average molecular weight is 489 g/mol. The molecule has 3 heterocycles. The first-order valence-corrected chi connectivity index (χ1v) is 9.56. The minimum atomic E-state index is -5.08. The van der Waals surface area contributed by atoms with E-state index in [1.165, 1.54) is 10.6 Å². The molecule has 34 heavy (non-hydrogen) atoms. The van der Waals surface area contributed by atoms with Gasteiger partial charge in [-0.3, -0.25) is 9.20 Å². The number of amides is 1. The first-order chi connectivity index (χ1) is 15.6. The van der Waals surface area contributed by atoms with Crippen LogP contribution in [-0.4, -0.2) is 48.5 Å². The summed E-state index contributed by atoms with van der Waals surface area (Å²) in [7, 11) is 0. The molecular weight excluding hydrogens is 472 g/mol. The number of carboxylic acids is 1. The lowest BCUT2D eigenvalue weighted by atomic mass is 10.0. The van der Waals surface area contributed by atoms with Gasteiger partial charge in [-0.05, 0) is 31.5 Å². The smallest absolute Gasteiger partial charge is 0.475 e. The number of carboxylic acid groups (broad SMARTS) is 1. The molecule has 0 aliphatic carbocycles. The minimum absolute atomic E-state index is 0.0440. The van der Waals surface area contributed by atoms with Gasteiger partial charge in [0.2, 0.25) is 0 Å². The normalized spacial score (nSPS) is 13.8. The number of carbonyl (C=O) groups excluding carboxylic acids is 1. The molecule has 4 rings (SSSR count). The predicted molar refractivity (Wildman–Crippen MR) is 107 cm³/mol. The highest BCUT2D eigenvalue weighted by Gasteiger charge is 2.38. The van der Waals surface area contributed by atoms with Crippen molar-refractivity contribution in [1.82, 2.24) is 19.3 Å². The Bertz CT molecular complexity index is 1270. The third-order valence-electron chi connectivity index (χ3n) is 4.91. The Labute approximate surface area is 187 Å². The van der Waals surface area contributed by atoms with E-state index in [9.17, 15) is 31.1 Å². The molecule has 0 saturated heterocycles. The zero-order chi connectivity index (χ0) is 25.6. The van der Waals surface area contributed by atoms with Gasteiger partial charge in [0.15, 0.2) is 17.2 Å². The third-order valence-corrected chi connectivity index (χ3v) is 4.91. The quantitative estimate of drug-likeness (QED) is 0.527. The van der Waals surface area contributed by atoms with Crippen LogP contribution in [0.3, 0.4) is 0 Å². The van der Waals surface area contributed by atoms with Crippen LogP contribution >= 0.6 is 0 Å². The molecule has 1 amide bonds. The van der Waals surface area contributed by atoms with Crippen molar-refractivity contribution in [1.29, 1.82) is 0 Å². The minimum Gasteiger partial charge on any atom is -0.475 e. The number of hydrogen-bond donors (Lipinski definition) is 2. The lowest BCUT2D eigenvalue weighted by Crippen LogP contribution is -2.30. The molecule has 8 nitrogen and oxygen atoms in total. The van der Waals surface area contributed by atoms with Gasteiger partial charge in [-0.2, -0.15) is 26.3 Å². The second-order valence-electron chi connectivity index (χ2n) is 7.55. The number of aliphatic carboxylic acids is 1. The first-order valence-electron chi connectivity index (χ1n) is 9.56. The van der Waals surface area contributed by atoms with Crippen molar-refractivity contribution in [2.24, 2.45) is 0 Å². The summed E-state index contributed by atoms with van der Waals surface area (Å²) in [6.07, 6.45) is -7.37. The van der Waals surface area contributed by atoms with Gasteiger partial charge in [0, 0.05) is 29.9 Å². The Morgan fingerprint density at radius 1 is 1.18 bits per heavy atom. The molecule has 2 aromatic heterocycles. The molecule has 0 fully saturated rings. The molecule has 0 atom stereocenters. The summed E-state index contributed by atoms with van der Waals surface area (Å²) >= 11 is 0. The van der Waals surface area contributed by atoms with Gasteiger partial charge in [-0.15, -0.1) is 0 Å². The van der Waals surface area contributed by atoms with Gasteiger partial charge in [0.05, 0.1) is 11.9 Å². The van der Waals surface area contributed by atoms with Crippen molar-refractivity contribution in [3.05, 3.63) is 47.4 Å². The number of aromatic nitrogens is 3. The molecule has 0 spiro atoms. The highest BCUT2D eigenvalue weighted by Crippen LogP contribution is 2.33. The molecule has 0 unspecified atom stereocenters. The summed E-state index contributed by atoms with van der Waals surface area (Å²) in [6, 6.07) is 5.27. The standard InChI is InChI=1S/C18H16F3N5O.C2HF3O2/c1-9(2)25-7-11-5-10(3-4-12(11)17(25)27)13-6-23-16-15(22)24-14(8-26(13)16)18(19,20)21;3-2(4,5)1(6)7/h3-6,8-9H,7H2,1-2H3,(H2,22,24);(H,6,7). The predicted octanol–water partition coefficient (Wildman–Crippen LogP) is 3.99. The number of alkyl halides is 6. The number of hydrogen-bond acceptors (Lipinski definition) is 5. The Balaban J connectivity index is 0.000000406. The van der Waals surface area contributed by atoms with Gasteiger partial charge < -0.3 is 15.7 Å². The topological polar surface area (TPSA) is 114 Å². The fourth-order valence-electron chi connectivity index (χ4n) is 3.28. The SMILES string of the molecule is CC(C)N1Cc2cc(-c3cnc4c(N)nc(C(F)(F)F)cn34)ccc2C1=O.O=C(O)C(F)(F)F.